The number of nitrogens with zero attached hydrogens (tertiary/aromatic N) is 2. The van der Waals surface area contributed by atoms with Gasteiger partial charge in [-0.1, -0.05) is 11.6 Å². The molecule has 2 aromatic rings. The number of nitrogens with one attached hydrogen (secondary N) is 1. The number of aryl methyl sites for hydroxylation is 2. The number of ether oxygens (including phenoxy) is 1. The Hall–Kier alpha value is -2.30. The molecule has 94 valence electrons. The van der Waals surface area contributed by atoms with Gasteiger partial charge in [0.1, 0.15) is 11.6 Å². The molecule has 0 fully saturated rings. The summed E-state index contributed by atoms with van der Waals surface area (Å²) in [5, 5.41) is 6.78. The normalized spacial score (nSPS) is 10.2. The molecule has 5 nitrogen and oxygen atoms in total. The minimum atomic E-state index is -0.209. The summed E-state index contributed by atoms with van der Waals surface area (Å²) in [6.07, 6.45) is 1.63. The third-order valence-electron chi connectivity index (χ3n) is 2.66. The number of aromatic nitrogens is 2. The highest BCUT2D eigenvalue weighted by molar-refractivity contribution is 6.05. The van der Waals surface area contributed by atoms with Crippen LogP contribution in [0.5, 0.6) is 5.75 Å². The second-order valence-electron chi connectivity index (χ2n) is 4.00. The van der Waals surface area contributed by atoms with Gasteiger partial charge in [-0.3, -0.25) is 9.48 Å². The number of carbonyl (C=O) groups excluding carboxylic acids is 1. The molecule has 2 rings (SSSR count). The lowest BCUT2D eigenvalue weighted by Gasteiger charge is -2.10. The number of benzene rings is 1. The van der Waals surface area contributed by atoms with Crippen molar-refractivity contribution in [1.29, 1.82) is 0 Å². The molecule has 0 aliphatic heterocycles. The quantitative estimate of drug-likeness (QED) is 0.899. The van der Waals surface area contributed by atoms with Gasteiger partial charge in [-0.25, -0.2) is 0 Å². The molecule has 0 aliphatic carbocycles. The Labute approximate surface area is 105 Å². The molecule has 0 spiro atoms. The standard InChI is InChI=1S/C13H15N3O2/c1-9-4-5-11(18-3)10(8-9)13(17)15-12-6-7-14-16(12)2/h4-8H,1-3H3,(H,15,17). The maximum atomic E-state index is 12.2. The van der Waals surface area contributed by atoms with Gasteiger partial charge in [0, 0.05) is 13.1 Å². The van der Waals surface area contributed by atoms with E-state index in [4.69, 9.17) is 4.74 Å². The van der Waals surface area contributed by atoms with Crippen molar-refractivity contribution in [3.63, 3.8) is 0 Å². The highest BCUT2D eigenvalue weighted by Gasteiger charge is 2.13. The summed E-state index contributed by atoms with van der Waals surface area (Å²) in [6.45, 7) is 1.93. The molecule has 18 heavy (non-hydrogen) atoms. The number of amides is 1. The van der Waals surface area contributed by atoms with Gasteiger partial charge in [-0.15, -0.1) is 0 Å². The fourth-order valence-corrected chi connectivity index (χ4v) is 1.68. The van der Waals surface area contributed by atoms with Crippen LogP contribution in [-0.2, 0) is 7.05 Å². The third-order valence-corrected chi connectivity index (χ3v) is 2.66. The molecule has 1 heterocycles. The Morgan fingerprint density at radius 3 is 2.78 bits per heavy atom. The smallest absolute Gasteiger partial charge is 0.260 e. The number of hydrogen-bond donors (Lipinski definition) is 1. The summed E-state index contributed by atoms with van der Waals surface area (Å²) in [6, 6.07) is 7.22. The van der Waals surface area contributed by atoms with Gasteiger partial charge in [-0.2, -0.15) is 5.10 Å². The first kappa shape index (κ1) is 12.2. The molecular formula is C13H15N3O2. The summed E-state index contributed by atoms with van der Waals surface area (Å²) in [4.78, 5) is 12.2. The highest BCUT2D eigenvalue weighted by atomic mass is 16.5. The van der Waals surface area contributed by atoms with Crippen LogP contribution < -0.4 is 10.1 Å². The van der Waals surface area contributed by atoms with Crippen LogP contribution in [0.2, 0.25) is 0 Å². The summed E-state index contributed by atoms with van der Waals surface area (Å²) < 4.78 is 6.79. The molecule has 1 aromatic heterocycles. The van der Waals surface area contributed by atoms with Crippen LogP contribution in [0.15, 0.2) is 30.5 Å². The van der Waals surface area contributed by atoms with Crippen molar-refractivity contribution in [3.05, 3.63) is 41.6 Å². The Kier molecular flexibility index (Phi) is 3.32. The predicted molar refractivity (Wildman–Crippen MR) is 68.9 cm³/mol. The summed E-state index contributed by atoms with van der Waals surface area (Å²) in [7, 11) is 3.31. The van der Waals surface area contributed by atoms with E-state index >= 15 is 0 Å². The van der Waals surface area contributed by atoms with Crippen LogP contribution in [0.1, 0.15) is 15.9 Å². The van der Waals surface area contributed by atoms with Crippen molar-refractivity contribution in [2.75, 3.05) is 12.4 Å². The van der Waals surface area contributed by atoms with Crippen molar-refractivity contribution >= 4 is 11.7 Å². The molecule has 0 atom stereocenters. The van der Waals surface area contributed by atoms with E-state index in [0.29, 0.717) is 17.1 Å². The average Bonchev–Trinajstić information content (AvgIpc) is 2.75. The fraction of sp³-hybridized carbons (Fsp3) is 0.231. The highest BCUT2D eigenvalue weighted by Crippen LogP contribution is 2.20. The predicted octanol–water partition coefficient (Wildman–Crippen LogP) is 1.99. The van der Waals surface area contributed by atoms with Crippen LogP contribution in [-0.4, -0.2) is 22.8 Å². The number of anilines is 1. The zero-order valence-corrected chi connectivity index (χ0v) is 10.6. The number of rotatable bonds is 3. The first-order chi connectivity index (χ1) is 8.61. The number of methoxy groups -OCH3 is 1. The van der Waals surface area contributed by atoms with Crippen molar-refractivity contribution in [3.8, 4) is 5.75 Å². The molecule has 0 saturated heterocycles. The van der Waals surface area contributed by atoms with Crippen LogP contribution >= 0.6 is 0 Å². The van der Waals surface area contributed by atoms with Crippen molar-refractivity contribution < 1.29 is 9.53 Å². The van der Waals surface area contributed by atoms with Gasteiger partial charge in [0.25, 0.3) is 5.91 Å². The number of carbonyl (C=O) groups is 1. The second-order valence-corrected chi connectivity index (χ2v) is 4.00. The van der Waals surface area contributed by atoms with Gasteiger partial charge in [0.15, 0.2) is 0 Å². The van der Waals surface area contributed by atoms with E-state index in [1.165, 1.54) is 0 Å². The van der Waals surface area contributed by atoms with Crippen molar-refractivity contribution in [2.45, 2.75) is 6.92 Å². The molecule has 0 radical (unpaired) electrons. The van der Waals surface area contributed by atoms with Gasteiger partial charge in [-0.05, 0) is 19.1 Å². The lowest BCUT2D eigenvalue weighted by atomic mass is 10.1. The van der Waals surface area contributed by atoms with E-state index < -0.39 is 0 Å². The van der Waals surface area contributed by atoms with E-state index in [2.05, 4.69) is 10.4 Å². The number of hydrogen-bond acceptors (Lipinski definition) is 3. The third kappa shape index (κ3) is 2.34. The Morgan fingerprint density at radius 1 is 1.39 bits per heavy atom. The minimum absolute atomic E-state index is 0.209. The average molecular weight is 245 g/mol. The monoisotopic (exact) mass is 245 g/mol. The molecule has 1 N–H and O–H groups in total. The minimum Gasteiger partial charge on any atom is -0.496 e. The topological polar surface area (TPSA) is 56.1 Å². The van der Waals surface area contributed by atoms with E-state index in [1.54, 1.807) is 43.2 Å². The van der Waals surface area contributed by atoms with Gasteiger partial charge in [0.05, 0.1) is 18.9 Å². The zero-order valence-electron chi connectivity index (χ0n) is 10.6. The van der Waals surface area contributed by atoms with Crippen molar-refractivity contribution in [2.24, 2.45) is 7.05 Å². The van der Waals surface area contributed by atoms with Crippen molar-refractivity contribution in [1.82, 2.24) is 9.78 Å². The largest absolute Gasteiger partial charge is 0.496 e. The summed E-state index contributed by atoms with van der Waals surface area (Å²) in [5.41, 5.74) is 1.52. The van der Waals surface area contributed by atoms with Gasteiger partial charge >= 0.3 is 0 Å². The molecule has 1 amide bonds. The van der Waals surface area contributed by atoms with Crippen LogP contribution in [0, 0.1) is 6.92 Å². The Balaban J connectivity index is 2.29. The van der Waals surface area contributed by atoms with E-state index in [0.717, 1.165) is 5.56 Å². The molecule has 0 saturated carbocycles. The first-order valence-electron chi connectivity index (χ1n) is 5.56. The molecule has 0 bridgehead atoms. The lowest BCUT2D eigenvalue weighted by molar-refractivity contribution is 0.102. The fourth-order valence-electron chi connectivity index (χ4n) is 1.68. The molecule has 0 unspecified atom stereocenters. The molecule has 5 heteroatoms. The van der Waals surface area contributed by atoms with Crippen LogP contribution in [0.3, 0.4) is 0 Å². The van der Waals surface area contributed by atoms with Gasteiger partial charge < -0.3 is 10.1 Å². The second kappa shape index (κ2) is 4.91. The van der Waals surface area contributed by atoms with Crippen LogP contribution in [0.4, 0.5) is 5.82 Å². The van der Waals surface area contributed by atoms with E-state index in [-0.39, 0.29) is 5.91 Å². The molecule has 0 aliphatic rings. The zero-order chi connectivity index (χ0) is 13.1. The summed E-state index contributed by atoms with van der Waals surface area (Å²) >= 11 is 0. The molecular weight excluding hydrogens is 230 g/mol. The van der Waals surface area contributed by atoms with E-state index in [9.17, 15) is 4.79 Å². The molecule has 1 aromatic carbocycles. The van der Waals surface area contributed by atoms with Gasteiger partial charge in [0.2, 0.25) is 0 Å². The lowest BCUT2D eigenvalue weighted by Crippen LogP contribution is -2.15. The van der Waals surface area contributed by atoms with Crippen LogP contribution in [0.25, 0.3) is 0 Å². The maximum Gasteiger partial charge on any atom is 0.260 e. The Morgan fingerprint density at radius 2 is 2.17 bits per heavy atom. The maximum absolute atomic E-state index is 12.2. The van der Waals surface area contributed by atoms with E-state index in [1.807, 2.05) is 13.0 Å². The SMILES string of the molecule is COc1ccc(C)cc1C(=O)Nc1ccnn1C. The summed E-state index contributed by atoms with van der Waals surface area (Å²) in [5.74, 6) is 0.989. The first-order valence-corrected chi connectivity index (χ1v) is 5.56. The Bertz CT molecular complexity index is 575.